The van der Waals surface area contributed by atoms with Crippen molar-refractivity contribution in [3.05, 3.63) is 47.0 Å². The first kappa shape index (κ1) is 13.9. The van der Waals surface area contributed by atoms with Gasteiger partial charge in [0.2, 0.25) is 0 Å². The summed E-state index contributed by atoms with van der Waals surface area (Å²) >= 11 is 5.94. The summed E-state index contributed by atoms with van der Waals surface area (Å²) in [5, 5.41) is 3.56. The molecule has 1 aliphatic heterocycles. The lowest BCUT2D eigenvalue weighted by Crippen LogP contribution is -2.38. The molecular weight excluding hydrogens is 290 g/mol. The molecule has 1 aromatic heterocycles. The number of benzene rings is 1. The second-order valence-corrected chi connectivity index (χ2v) is 5.43. The normalized spacial score (nSPS) is 16.3. The van der Waals surface area contributed by atoms with Crippen LogP contribution in [-0.4, -0.2) is 28.5 Å². The Hall–Kier alpha value is -2.01. The molecule has 21 heavy (non-hydrogen) atoms. The zero-order valence-corrected chi connectivity index (χ0v) is 12.2. The first-order chi connectivity index (χ1) is 10.2. The van der Waals surface area contributed by atoms with Crippen LogP contribution >= 0.6 is 11.6 Å². The summed E-state index contributed by atoms with van der Waals surface area (Å²) in [6.07, 6.45) is 5.28. The van der Waals surface area contributed by atoms with Gasteiger partial charge in [0, 0.05) is 36.8 Å². The molecule has 2 heterocycles. The third kappa shape index (κ3) is 3.36. The van der Waals surface area contributed by atoms with Crippen LogP contribution in [0.25, 0.3) is 0 Å². The highest BCUT2D eigenvalue weighted by Crippen LogP contribution is 2.31. The van der Waals surface area contributed by atoms with Crippen molar-refractivity contribution in [1.82, 2.24) is 15.3 Å². The van der Waals surface area contributed by atoms with Crippen molar-refractivity contribution in [2.45, 2.75) is 25.4 Å². The van der Waals surface area contributed by atoms with Crippen LogP contribution in [0, 0.1) is 0 Å². The summed E-state index contributed by atoms with van der Waals surface area (Å²) in [4.78, 5) is 19.2. The van der Waals surface area contributed by atoms with E-state index in [1.165, 1.54) is 0 Å². The largest absolute Gasteiger partial charge is 0.480 e. The molecule has 2 aromatic rings. The number of nitrogens with zero attached hydrogens (tertiary/aromatic N) is 1. The molecule has 1 amide bonds. The Morgan fingerprint density at radius 3 is 3.24 bits per heavy atom. The number of carbonyl (C=O) groups is 1. The van der Waals surface area contributed by atoms with Gasteiger partial charge < -0.3 is 15.0 Å². The van der Waals surface area contributed by atoms with Gasteiger partial charge >= 0.3 is 0 Å². The quantitative estimate of drug-likeness (QED) is 0.832. The average Bonchev–Trinajstić information content (AvgIpc) is 3.11. The Morgan fingerprint density at radius 1 is 1.52 bits per heavy atom. The van der Waals surface area contributed by atoms with Crippen LogP contribution < -0.4 is 10.1 Å². The summed E-state index contributed by atoms with van der Waals surface area (Å²) in [6.45, 7) is 0.608. The van der Waals surface area contributed by atoms with Gasteiger partial charge in [0.05, 0.1) is 0 Å². The number of hydrogen-bond donors (Lipinski definition) is 2. The number of nitrogens with one attached hydrogen (secondary N) is 2. The number of aromatic nitrogens is 2. The van der Waals surface area contributed by atoms with Gasteiger partial charge in [-0.2, -0.15) is 0 Å². The Morgan fingerprint density at radius 2 is 2.43 bits per heavy atom. The fourth-order valence-electron chi connectivity index (χ4n) is 2.38. The third-order valence-corrected chi connectivity index (χ3v) is 3.67. The summed E-state index contributed by atoms with van der Waals surface area (Å²) in [5.41, 5.74) is 0.984. The second kappa shape index (κ2) is 6.18. The van der Waals surface area contributed by atoms with Gasteiger partial charge in [0.25, 0.3) is 5.91 Å². The Bertz CT molecular complexity index is 628. The molecule has 5 nitrogen and oxygen atoms in total. The van der Waals surface area contributed by atoms with E-state index in [4.69, 9.17) is 16.3 Å². The lowest BCUT2D eigenvalue weighted by atomic mass is 10.1. The summed E-state index contributed by atoms with van der Waals surface area (Å²) in [7, 11) is 0. The Labute approximate surface area is 127 Å². The second-order valence-electron chi connectivity index (χ2n) is 4.99. The molecule has 0 spiro atoms. The number of H-pyrrole nitrogens is 1. The zero-order valence-electron chi connectivity index (χ0n) is 11.4. The van der Waals surface area contributed by atoms with Crippen molar-refractivity contribution in [2.24, 2.45) is 0 Å². The predicted molar refractivity (Wildman–Crippen MR) is 79.5 cm³/mol. The maximum absolute atomic E-state index is 12.1. The van der Waals surface area contributed by atoms with Crippen molar-refractivity contribution in [3.8, 4) is 5.75 Å². The Kier molecular flexibility index (Phi) is 4.10. The van der Waals surface area contributed by atoms with Gasteiger partial charge in [-0.05, 0) is 30.2 Å². The standard InChI is InChI=1S/C15H16ClN3O2/c16-11-3-4-12-10(8-11)9-13(21-12)15(20)19-5-1-2-14-17-6-7-18-14/h3-4,6-8,13H,1-2,5,9H2,(H,17,18)(H,19,20). The number of halogens is 1. The van der Waals surface area contributed by atoms with E-state index in [9.17, 15) is 4.79 Å². The van der Waals surface area contributed by atoms with E-state index < -0.39 is 6.10 Å². The van der Waals surface area contributed by atoms with E-state index in [-0.39, 0.29) is 5.91 Å². The van der Waals surface area contributed by atoms with E-state index >= 15 is 0 Å². The van der Waals surface area contributed by atoms with E-state index in [0.717, 1.165) is 30.0 Å². The van der Waals surface area contributed by atoms with Gasteiger partial charge in [-0.15, -0.1) is 0 Å². The number of hydrogen-bond acceptors (Lipinski definition) is 3. The van der Waals surface area contributed by atoms with Crippen LogP contribution in [0.1, 0.15) is 17.8 Å². The number of ether oxygens (including phenoxy) is 1. The van der Waals surface area contributed by atoms with Crippen LogP contribution in [-0.2, 0) is 17.6 Å². The minimum Gasteiger partial charge on any atom is -0.480 e. The molecule has 0 saturated carbocycles. The average molecular weight is 306 g/mol. The third-order valence-electron chi connectivity index (χ3n) is 3.43. The molecule has 2 N–H and O–H groups in total. The molecule has 0 aliphatic carbocycles. The van der Waals surface area contributed by atoms with Crippen LogP contribution in [0.15, 0.2) is 30.6 Å². The highest BCUT2D eigenvalue weighted by atomic mass is 35.5. The van der Waals surface area contributed by atoms with Crippen LogP contribution in [0.2, 0.25) is 5.02 Å². The fraction of sp³-hybridized carbons (Fsp3) is 0.333. The molecule has 0 radical (unpaired) electrons. The van der Waals surface area contributed by atoms with Crippen LogP contribution in [0.4, 0.5) is 0 Å². The first-order valence-corrected chi connectivity index (χ1v) is 7.31. The van der Waals surface area contributed by atoms with Gasteiger partial charge in [0.15, 0.2) is 6.10 Å². The minimum absolute atomic E-state index is 0.0817. The van der Waals surface area contributed by atoms with Gasteiger partial charge in [0.1, 0.15) is 11.6 Å². The number of aryl methyl sites for hydroxylation is 1. The lowest BCUT2D eigenvalue weighted by Gasteiger charge is -2.10. The van der Waals surface area contributed by atoms with Gasteiger partial charge in [-0.1, -0.05) is 11.6 Å². The topological polar surface area (TPSA) is 67.0 Å². The molecule has 3 rings (SSSR count). The molecule has 1 aromatic carbocycles. The zero-order chi connectivity index (χ0) is 14.7. The van der Waals surface area contributed by atoms with Crippen LogP contribution in [0.5, 0.6) is 5.75 Å². The molecule has 110 valence electrons. The molecule has 6 heteroatoms. The first-order valence-electron chi connectivity index (χ1n) is 6.93. The van der Waals surface area contributed by atoms with Gasteiger partial charge in [-0.3, -0.25) is 4.79 Å². The summed E-state index contributed by atoms with van der Waals surface area (Å²) in [5.74, 6) is 1.60. The van der Waals surface area contributed by atoms with E-state index in [1.807, 2.05) is 12.1 Å². The van der Waals surface area contributed by atoms with Crippen LogP contribution in [0.3, 0.4) is 0 Å². The number of fused-ring (bicyclic) bond motifs is 1. The van der Waals surface area contributed by atoms with Crippen molar-refractivity contribution in [3.63, 3.8) is 0 Å². The maximum atomic E-state index is 12.1. The highest BCUT2D eigenvalue weighted by Gasteiger charge is 2.28. The van der Waals surface area contributed by atoms with Crippen molar-refractivity contribution < 1.29 is 9.53 Å². The smallest absolute Gasteiger partial charge is 0.261 e. The molecule has 1 unspecified atom stereocenters. The van der Waals surface area contributed by atoms with Crippen molar-refractivity contribution >= 4 is 17.5 Å². The molecule has 0 fully saturated rings. The maximum Gasteiger partial charge on any atom is 0.261 e. The summed E-state index contributed by atoms with van der Waals surface area (Å²) < 4.78 is 5.64. The van der Waals surface area contributed by atoms with E-state index in [1.54, 1.807) is 18.5 Å². The van der Waals surface area contributed by atoms with Crippen molar-refractivity contribution in [1.29, 1.82) is 0 Å². The highest BCUT2D eigenvalue weighted by molar-refractivity contribution is 6.30. The molecule has 0 bridgehead atoms. The van der Waals surface area contributed by atoms with Crippen molar-refractivity contribution in [2.75, 3.05) is 6.54 Å². The summed E-state index contributed by atoms with van der Waals surface area (Å²) in [6, 6.07) is 5.42. The number of amides is 1. The number of aromatic amines is 1. The molecule has 1 aliphatic rings. The number of imidazole rings is 1. The minimum atomic E-state index is -0.456. The lowest BCUT2D eigenvalue weighted by molar-refractivity contribution is -0.127. The monoisotopic (exact) mass is 305 g/mol. The van der Waals surface area contributed by atoms with E-state index in [0.29, 0.717) is 18.0 Å². The Balaban J connectivity index is 1.45. The van der Waals surface area contributed by atoms with Gasteiger partial charge in [-0.25, -0.2) is 4.98 Å². The number of rotatable bonds is 5. The molecule has 0 saturated heterocycles. The fourth-order valence-corrected chi connectivity index (χ4v) is 2.57. The van der Waals surface area contributed by atoms with E-state index in [2.05, 4.69) is 15.3 Å². The molecule has 1 atom stereocenters. The SMILES string of the molecule is O=C(NCCCc1ncc[nH]1)C1Cc2cc(Cl)ccc2O1. The predicted octanol–water partition coefficient (Wildman–Crippen LogP) is 2.12. The molecular formula is C15H16ClN3O2. The number of carbonyl (C=O) groups excluding carboxylic acids is 1.